The molecule has 23 heavy (non-hydrogen) atoms. The summed E-state index contributed by atoms with van der Waals surface area (Å²) < 4.78 is 0. The predicted octanol–water partition coefficient (Wildman–Crippen LogP) is 4.31. The van der Waals surface area contributed by atoms with Crippen LogP contribution in [0.1, 0.15) is 16.8 Å². The van der Waals surface area contributed by atoms with Gasteiger partial charge in [0.15, 0.2) is 0 Å². The third-order valence-corrected chi connectivity index (χ3v) is 4.56. The Kier molecular flexibility index (Phi) is 3.82. The number of pyridine rings is 2. The highest BCUT2D eigenvalue weighted by Gasteiger charge is 2.20. The summed E-state index contributed by atoms with van der Waals surface area (Å²) in [5.41, 5.74) is 5.89. The smallest absolute Gasteiger partial charge is 0.0589 e. The molecule has 0 amide bonds. The molecule has 0 aliphatic carbocycles. The second kappa shape index (κ2) is 6.11. The van der Waals surface area contributed by atoms with Crippen molar-refractivity contribution >= 4 is 11.6 Å². The molecule has 0 unspecified atom stereocenters. The third kappa shape index (κ3) is 2.98. The zero-order valence-electron chi connectivity index (χ0n) is 12.6. The summed E-state index contributed by atoms with van der Waals surface area (Å²) in [7, 11) is 0. The van der Waals surface area contributed by atoms with Crippen LogP contribution in [-0.2, 0) is 19.6 Å². The number of fused-ring (bicyclic) bond motifs is 1. The molecule has 1 aromatic carbocycles. The Bertz CT molecular complexity index is 808. The molecular weight excluding hydrogens is 306 g/mol. The Balaban J connectivity index is 1.53. The molecule has 0 saturated carbocycles. The van der Waals surface area contributed by atoms with Gasteiger partial charge in [-0.2, -0.15) is 0 Å². The molecule has 0 fully saturated rings. The lowest BCUT2D eigenvalue weighted by atomic mass is 10.0. The Morgan fingerprint density at radius 1 is 0.957 bits per heavy atom. The Labute approximate surface area is 140 Å². The van der Waals surface area contributed by atoms with Gasteiger partial charge >= 0.3 is 0 Å². The lowest BCUT2D eigenvalue weighted by Crippen LogP contribution is -2.16. The van der Waals surface area contributed by atoms with E-state index in [1.807, 2.05) is 30.5 Å². The molecule has 0 atom stereocenters. The second-order valence-electron chi connectivity index (χ2n) is 5.80. The summed E-state index contributed by atoms with van der Waals surface area (Å²) in [6, 6.07) is 14.4. The molecule has 0 radical (unpaired) electrons. The largest absolute Gasteiger partial charge is 0.289 e. The Hall–Kier alpha value is -2.23. The normalized spacial score (nSPS) is 14.0. The molecule has 1 aliphatic heterocycles. The van der Waals surface area contributed by atoms with Gasteiger partial charge in [-0.3, -0.25) is 14.9 Å². The highest BCUT2D eigenvalue weighted by molar-refractivity contribution is 6.31. The van der Waals surface area contributed by atoms with E-state index < -0.39 is 0 Å². The van der Waals surface area contributed by atoms with Gasteiger partial charge in [-0.05, 0) is 46.5 Å². The summed E-state index contributed by atoms with van der Waals surface area (Å²) >= 11 is 6.51. The van der Waals surface area contributed by atoms with E-state index in [4.69, 9.17) is 11.6 Å². The zero-order chi connectivity index (χ0) is 15.6. The average molecular weight is 322 g/mol. The van der Waals surface area contributed by atoms with Gasteiger partial charge in [0.25, 0.3) is 0 Å². The standard InChI is InChI=1S/C19H16ClN3/c20-18-10-15(14-5-8-21-9-6-14)3-4-16(18)11-23-12-17-2-1-7-22-19(17)13-23/h1-10H,11-13H2. The summed E-state index contributed by atoms with van der Waals surface area (Å²) in [4.78, 5) is 10.9. The fourth-order valence-corrected chi connectivity index (χ4v) is 3.26. The zero-order valence-corrected chi connectivity index (χ0v) is 13.4. The van der Waals surface area contributed by atoms with E-state index in [0.717, 1.165) is 41.3 Å². The molecule has 0 spiro atoms. The lowest BCUT2D eigenvalue weighted by molar-refractivity contribution is 0.274. The minimum absolute atomic E-state index is 0.809. The molecule has 0 saturated heterocycles. The van der Waals surface area contributed by atoms with Crippen LogP contribution in [0.4, 0.5) is 0 Å². The first-order valence-corrected chi connectivity index (χ1v) is 8.01. The molecule has 1 aliphatic rings. The van der Waals surface area contributed by atoms with Gasteiger partial charge < -0.3 is 0 Å². The van der Waals surface area contributed by atoms with E-state index in [0.29, 0.717) is 0 Å². The maximum Gasteiger partial charge on any atom is 0.0589 e. The third-order valence-electron chi connectivity index (χ3n) is 4.21. The first-order valence-electron chi connectivity index (χ1n) is 7.63. The van der Waals surface area contributed by atoms with Gasteiger partial charge in [-0.25, -0.2) is 0 Å². The summed E-state index contributed by atoms with van der Waals surface area (Å²) in [5.74, 6) is 0. The van der Waals surface area contributed by atoms with Crippen LogP contribution < -0.4 is 0 Å². The minimum Gasteiger partial charge on any atom is -0.289 e. The summed E-state index contributed by atoms with van der Waals surface area (Å²) in [5, 5.41) is 0.809. The van der Waals surface area contributed by atoms with Gasteiger partial charge in [0.05, 0.1) is 5.69 Å². The number of aromatic nitrogens is 2. The first kappa shape index (κ1) is 14.4. The maximum absolute atomic E-state index is 6.51. The van der Waals surface area contributed by atoms with Gasteiger partial charge in [0.1, 0.15) is 0 Å². The fraction of sp³-hybridized carbons (Fsp3) is 0.158. The molecule has 4 heteroatoms. The minimum atomic E-state index is 0.809. The van der Waals surface area contributed by atoms with Crippen LogP contribution in [-0.4, -0.2) is 14.9 Å². The van der Waals surface area contributed by atoms with Crippen LogP contribution in [0.3, 0.4) is 0 Å². The highest BCUT2D eigenvalue weighted by atomic mass is 35.5. The number of hydrogen-bond donors (Lipinski definition) is 0. The van der Waals surface area contributed by atoms with E-state index in [2.05, 4.69) is 33.1 Å². The van der Waals surface area contributed by atoms with Crippen molar-refractivity contribution < 1.29 is 0 Å². The number of halogens is 1. The van der Waals surface area contributed by atoms with Crippen LogP contribution in [0.25, 0.3) is 11.1 Å². The molecule has 114 valence electrons. The predicted molar refractivity (Wildman–Crippen MR) is 91.9 cm³/mol. The summed E-state index contributed by atoms with van der Waals surface area (Å²) in [6.45, 7) is 2.66. The number of benzene rings is 1. The molecular formula is C19H16ClN3. The number of hydrogen-bond acceptors (Lipinski definition) is 3. The van der Waals surface area contributed by atoms with Gasteiger partial charge in [0, 0.05) is 43.2 Å². The molecule has 3 heterocycles. The van der Waals surface area contributed by atoms with Crippen LogP contribution in [0, 0.1) is 0 Å². The molecule has 3 nitrogen and oxygen atoms in total. The monoisotopic (exact) mass is 321 g/mol. The Morgan fingerprint density at radius 3 is 2.61 bits per heavy atom. The molecule has 4 rings (SSSR count). The first-order chi connectivity index (χ1) is 11.3. The van der Waals surface area contributed by atoms with E-state index >= 15 is 0 Å². The van der Waals surface area contributed by atoms with E-state index in [9.17, 15) is 0 Å². The van der Waals surface area contributed by atoms with Crippen molar-refractivity contribution in [3.63, 3.8) is 0 Å². The van der Waals surface area contributed by atoms with Crippen molar-refractivity contribution in [1.82, 2.24) is 14.9 Å². The van der Waals surface area contributed by atoms with Crippen LogP contribution in [0.5, 0.6) is 0 Å². The van der Waals surface area contributed by atoms with Crippen molar-refractivity contribution in [2.45, 2.75) is 19.6 Å². The van der Waals surface area contributed by atoms with E-state index in [1.165, 1.54) is 11.3 Å². The van der Waals surface area contributed by atoms with Gasteiger partial charge in [-0.1, -0.05) is 29.8 Å². The van der Waals surface area contributed by atoms with Crippen LogP contribution in [0.15, 0.2) is 61.1 Å². The topological polar surface area (TPSA) is 29.0 Å². The molecule has 0 bridgehead atoms. The van der Waals surface area contributed by atoms with Crippen molar-refractivity contribution in [1.29, 1.82) is 0 Å². The van der Waals surface area contributed by atoms with Gasteiger partial charge in [0.2, 0.25) is 0 Å². The average Bonchev–Trinajstić information content (AvgIpc) is 3.00. The second-order valence-corrected chi connectivity index (χ2v) is 6.20. The molecule has 2 aromatic heterocycles. The quantitative estimate of drug-likeness (QED) is 0.719. The SMILES string of the molecule is Clc1cc(-c2ccncc2)ccc1CN1Cc2cccnc2C1. The number of rotatable bonds is 3. The van der Waals surface area contributed by atoms with E-state index in [1.54, 1.807) is 12.4 Å². The van der Waals surface area contributed by atoms with E-state index in [-0.39, 0.29) is 0 Å². The van der Waals surface area contributed by atoms with Crippen LogP contribution in [0.2, 0.25) is 5.02 Å². The lowest BCUT2D eigenvalue weighted by Gasteiger charge is -2.16. The Morgan fingerprint density at radius 2 is 1.83 bits per heavy atom. The molecule has 3 aromatic rings. The molecule has 0 N–H and O–H groups in total. The number of nitrogens with zero attached hydrogens (tertiary/aromatic N) is 3. The van der Waals surface area contributed by atoms with Crippen molar-refractivity contribution in [3.8, 4) is 11.1 Å². The summed E-state index contributed by atoms with van der Waals surface area (Å²) in [6.07, 6.45) is 5.45. The van der Waals surface area contributed by atoms with Gasteiger partial charge in [-0.15, -0.1) is 0 Å². The van der Waals surface area contributed by atoms with Crippen LogP contribution >= 0.6 is 11.6 Å². The fourth-order valence-electron chi connectivity index (χ4n) is 3.02. The highest BCUT2D eigenvalue weighted by Crippen LogP contribution is 2.28. The van der Waals surface area contributed by atoms with Crippen molar-refractivity contribution in [2.75, 3.05) is 0 Å². The van der Waals surface area contributed by atoms with Crippen molar-refractivity contribution in [2.24, 2.45) is 0 Å². The van der Waals surface area contributed by atoms with Crippen molar-refractivity contribution in [3.05, 3.63) is 82.9 Å². The maximum atomic E-state index is 6.51.